The van der Waals surface area contributed by atoms with Gasteiger partial charge in [-0.3, -0.25) is 9.78 Å². The fraction of sp³-hybridized carbons (Fsp3) is 0.261. The van der Waals surface area contributed by atoms with Crippen LogP contribution in [0.5, 0.6) is 0 Å². The standard InChI is InChI=1S/C23H20F3N3O2S/c1-14-5-4-6-18-19(14)15(11-12-27-18)13-28-21(31)29(20(30)22(28,2)3)16-7-9-17(10-8-16)32-23(24,25)26/h4-12H,13H2,1-3H3. The zero-order valence-electron chi connectivity index (χ0n) is 17.6. The summed E-state index contributed by atoms with van der Waals surface area (Å²) in [5.74, 6) is -0.436. The molecule has 0 saturated carbocycles. The quantitative estimate of drug-likeness (QED) is 0.360. The number of aryl methyl sites for hydroxylation is 1. The van der Waals surface area contributed by atoms with Gasteiger partial charge in [0.2, 0.25) is 0 Å². The SMILES string of the molecule is Cc1cccc2nccc(CN3C(=O)N(c4ccc(SC(F)(F)F)cc4)C(=O)C3(C)C)c12. The predicted octanol–water partition coefficient (Wildman–Crippen LogP) is 5.90. The summed E-state index contributed by atoms with van der Waals surface area (Å²) in [5.41, 5.74) is -2.64. The lowest BCUT2D eigenvalue weighted by Crippen LogP contribution is -2.43. The van der Waals surface area contributed by atoms with E-state index in [1.54, 1.807) is 20.0 Å². The molecule has 5 nitrogen and oxygen atoms in total. The lowest BCUT2D eigenvalue weighted by atomic mass is 10.00. The first-order valence-corrected chi connectivity index (χ1v) is 10.7. The summed E-state index contributed by atoms with van der Waals surface area (Å²) in [6.07, 6.45) is 1.67. The van der Waals surface area contributed by atoms with E-state index in [1.165, 1.54) is 29.2 Å². The van der Waals surface area contributed by atoms with Crippen molar-refractivity contribution in [1.29, 1.82) is 0 Å². The third-order valence-corrected chi connectivity index (χ3v) is 6.28. The van der Waals surface area contributed by atoms with E-state index >= 15 is 0 Å². The van der Waals surface area contributed by atoms with Crippen LogP contribution in [0.4, 0.5) is 23.7 Å². The zero-order valence-corrected chi connectivity index (χ0v) is 18.4. The van der Waals surface area contributed by atoms with Gasteiger partial charge >= 0.3 is 11.5 Å². The highest BCUT2D eigenvalue weighted by molar-refractivity contribution is 8.00. The fourth-order valence-electron chi connectivity index (χ4n) is 3.90. The number of alkyl halides is 3. The van der Waals surface area contributed by atoms with E-state index in [4.69, 9.17) is 0 Å². The summed E-state index contributed by atoms with van der Waals surface area (Å²) in [6, 6.07) is 12.3. The molecule has 3 amide bonds. The van der Waals surface area contributed by atoms with Gasteiger partial charge in [-0.2, -0.15) is 13.2 Å². The molecule has 166 valence electrons. The Morgan fingerprint density at radius 1 is 1.03 bits per heavy atom. The summed E-state index contributed by atoms with van der Waals surface area (Å²) in [7, 11) is 0. The van der Waals surface area contributed by atoms with Gasteiger partial charge in [0.05, 0.1) is 11.2 Å². The minimum atomic E-state index is -4.41. The van der Waals surface area contributed by atoms with Gasteiger partial charge in [0, 0.05) is 23.0 Å². The lowest BCUT2D eigenvalue weighted by molar-refractivity contribution is -0.123. The van der Waals surface area contributed by atoms with Crippen LogP contribution in [0.25, 0.3) is 10.9 Å². The van der Waals surface area contributed by atoms with E-state index < -0.39 is 23.0 Å². The smallest absolute Gasteiger partial charge is 0.305 e. The average Bonchev–Trinajstić information content (AvgIpc) is 2.87. The Hall–Kier alpha value is -3.07. The lowest BCUT2D eigenvalue weighted by Gasteiger charge is -2.28. The number of halogens is 3. The van der Waals surface area contributed by atoms with E-state index in [1.807, 2.05) is 31.2 Å². The van der Waals surface area contributed by atoms with E-state index in [9.17, 15) is 22.8 Å². The molecule has 0 spiro atoms. The molecule has 1 fully saturated rings. The highest BCUT2D eigenvalue weighted by Crippen LogP contribution is 2.39. The molecule has 1 aliphatic rings. The Morgan fingerprint density at radius 2 is 1.72 bits per heavy atom. The minimum Gasteiger partial charge on any atom is -0.305 e. The molecule has 32 heavy (non-hydrogen) atoms. The third-order valence-electron chi connectivity index (χ3n) is 5.54. The van der Waals surface area contributed by atoms with Gasteiger partial charge in [-0.05, 0) is 80.1 Å². The maximum absolute atomic E-state index is 13.3. The number of nitrogens with zero attached hydrogens (tertiary/aromatic N) is 3. The number of carbonyl (C=O) groups excluding carboxylic acids is 2. The second kappa shape index (κ2) is 7.81. The van der Waals surface area contributed by atoms with Crippen LogP contribution < -0.4 is 4.90 Å². The third kappa shape index (κ3) is 3.92. The number of hydrogen-bond donors (Lipinski definition) is 0. The van der Waals surface area contributed by atoms with Crippen LogP contribution in [0.1, 0.15) is 25.0 Å². The first kappa shape index (κ1) is 22.1. The van der Waals surface area contributed by atoms with Crippen LogP contribution in [-0.2, 0) is 11.3 Å². The summed E-state index contributed by atoms with van der Waals surface area (Å²) in [6.45, 7) is 5.48. The molecule has 0 aliphatic carbocycles. The van der Waals surface area contributed by atoms with Crippen molar-refractivity contribution in [2.75, 3.05) is 4.90 Å². The first-order valence-electron chi connectivity index (χ1n) is 9.84. The van der Waals surface area contributed by atoms with Gasteiger partial charge in [-0.1, -0.05) is 12.1 Å². The van der Waals surface area contributed by atoms with Crippen molar-refractivity contribution >= 4 is 40.3 Å². The number of fused-ring (bicyclic) bond motifs is 1. The van der Waals surface area contributed by atoms with E-state index in [0.717, 1.165) is 26.9 Å². The number of rotatable bonds is 4. The fourth-order valence-corrected chi connectivity index (χ4v) is 4.44. The molecular weight excluding hydrogens is 439 g/mol. The summed E-state index contributed by atoms with van der Waals surface area (Å²) < 4.78 is 37.8. The van der Waals surface area contributed by atoms with Crippen LogP contribution in [0, 0.1) is 6.92 Å². The van der Waals surface area contributed by atoms with E-state index in [-0.39, 0.29) is 28.9 Å². The zero-order chi connectivity index (χ0) is 23.3. The maximum atomic E-state index is 13.3. The summed E-state index contributed by atoms with van der Waals surface area (Å²) in [5, 5.41) is 0.929. The predicted molar refractivity (Wildman–Crippen MR) is 117 cm³/mol. The van der Waals surface area contributed by atoms with Crippen LogP contribution in [0.3, 0.4) is 0 Å². The van der Waals surface area contributed by atoms with Crippen molar-refractivity contribution < 1.29 is 22.8 Å². The van der Waals surface area contributed by atoms with Crippen molar-refractivity contribution in [1.82, 2.24) is 9.88 Å². The number of urea groups is 1. The number of aromatic nitrogens is 1. The number of anilines is 1. The molecule has 4 rings (SSSR count). The molecular formula is C23H20F3N3O2S. The molecule has 0 radical (unpaired) electrons. The highest BCUT2D eigenvalue weighted by atomic mass is 32.2. The van der Waals surface area contributed by atoms with Crippen molar-refractivity contribution in [3.8, 4) is 0 Å². The number of amides is 3. The Morgan fingerprint density at radius 3 is 2.38 bits per heavy atom. The maximum Gasteiger partial charge on any atom is 0.446 e. The number of pyridine rings is 1. The number of hydrogen-bond acceptors (Lipinski definition) is 4. The van der Waals surface area contributed by atoms with Gasteiger partial charge in [0.15, 0.2) is 0 Å². The molecule has 0 bridgehead atoms. The van der Waals surface area contributed by atoms with Crippen LogP contribution >= 0.6 is 11.8 Å². The monoisotopic (exact) mass is 459 g/mol. The van der Waals surface area contributed by atoms with Crippen molar-refractivity contribution in [3.63, 3.8) is 0 Å². The number of imide groups is 1. The molecule has 2 aromatic carbocycles. The summed E-state index contributed by atoms with van der Waals surface area (Å²) in [4.78, 5) is 33.3. The van der Waals surface area contributed by atoms with E-state index in [2.05, 4.69) is 4.98 Å². The largest absolute Gasteiger partial charge is 0.446 e. The molecule has 1 aliphatic heterocycles. The second-order valence-corrected chi connectivity index (χ2v) is 9.19. The van der Waals surface area contributed by atoms with Crippen molar-refractivity contribution in [2.24, 2.45) is 0 Å². The van der Waals surface area contributed by atoms with Crippen LogP contribution in [0.15, 0.2) is 59.6 Å². The van der Waals surface area contributed by atoms with Gasteiger partial charge in [0.25, 0.3) is 5.91 Å². The Balaban J connectivity index is 1.66. The Labute approximate surface area is 187 Å². The average molecular weight is 459 g/mol. The molecule has 1 aromatic heterocycles. The first-order chi connectivity index (χ1) is 15.0. The second-order valence-electron chi connectivity index (χ2n) is 8.05. The molecule has 0 N–H and O–H groups in total. The molecule has 0 atom stereocenters. The molecule has 2 heterocycles. The number of benzene rings is 2. The van der Waals surface area contributed by atoms with Crippen molar-refractivity contribution in [2.45, 2.75) is 43.3 Å². The molecule has 0 unspecified atom stereocenters. The Kier molecular flexibility index (Phi) is 5.40. The van der Waals surface area contributed by atoms with Gasteiger partial charge < -0.3 is 4.90 Å². The topological polar surface area (TPSA) is 53.5 Å². The molecule has 3 aromatic rings. The van der Waals surface area contributed by atoms with Gasteiger partial charge in [-0.15, -0.1) is 0 Å². The number of thioether (sulfide) groups is 1. The molecule has 1 saturated heterocycles. The van der Waals surface area contributed by atoms with Crippen molar-refractivity contribution in [3.05, 3.63) is 65.9 Å². The highest BCUT2D eigenvalue weighted by Gasteiger charge is 2.51. The van der Waals surface area contributed by atoms with Crippen LogP contribution in [0.2, 0.25) is 0 Å². The normalized spacial score (nSPS) is 16.3. The minimum absolute atomic E-state index is 0.0183. The van der Waals surface area contributed by atoms with Crippen LogP contribution in [-0.4, -0.2) is 32.9 Å². The van der Waals surface area contributed by atoms with E-state index in [0.29, 0.717) is 0 Å². The van der Waals surface area contributed by atoms with Gasteiger partial charge in [-0.25, -0.2) is 9.69 Å². The Bertz CT molecular complexity index is 1200. The summed E-state index contributed by atoms with van der Waals surface area (Å²) >= 11 is -0.247. The molecule has 9 heteroatoms. The number of carbonyl (C=O) groups is 2. The van der Waals surface area contributed by atoms with Gasteiger partial charge in [0.1, 0.15) is 5.54 Å².